The summed E-state index contributed by atoms with van der Waals surface area (Å²) >= 11 is 0. The van der Waals surface area contributed by atoms with Crippen molar-refractivity contribution in [1.82, 2.24) is 8.61 Å². The number of hydrogen-bond donors (Lipinski definition) is 0. The minimum absolute atomic E-state index is 0.0674. The quantitative estimate of drug-likeness (QED) is 0.650. The van der Waals surface area contributed by atoms with Gasteiger partial charge in [-0.25, -0.2) is 21.2 Å². The topological polar surface area (TPSA) is 74.8 Å². The molecule has 0 radical (unpaired) electrons. The molecule has 0 aliphatic carbocycles. The third-order valence-electron chi connectivity index (χ3n) is 4.74. The first kappa shape index (κ1) is 22.7. The van der Waals surface area contributed by atoms with E-state index in [1.54, 1.807) is 19.1 Å². The van der Waals surface area contributed by atoms with Crippen molar-refractivity contribution >= 4 is 20.0 Å². The second-order valence-electron chi connectivity index (χ2n) is 6.76. The van der Waals surface area contributed by atoms with Gasteiger partial charge in [-0.2, -0.15) is 21.8 Å². The zero-order valence-electron chi connectivity index (χ0n) is 15.7. The maximum Gasteiger partial charge on any atom is 0.419 e. The van der Waals surface area contributed by atoms with E-state index in [2.05, 4.69) is 0 Å². The second-order valence-corrected chi connectivity index (χ2v) is 10.6. The van der Waals surface area contributed by atoms with Crippen LogP contribution in [-0.4, -0.2) is 51.6 Å². The minimum Gasteiger partial charge on any atom is -0.207 e. The minimum atomic E-state index is -5.05. The summed E-state index contributed by atoms with van der Waals surface area (Å²) in [5.41, 5.74) is -0.799. The maximum atomic E-state index is 13.5. The molecule has 3 rings (SSSR count). The van der Waals surface area contributed by atoms with E-state index in [0.29, 0.717) is 6.07 Å². The molecule has 1 aliphatic rings. The van der Waals surface area contributed by atoms with Gasteiger partial charge in [0.15, 0.2) is 0 Å². The van der Waals surface area contributed by atoms with Gasteiger partial charge in [0.05, 0.1) is 15.4 Å². The Morgan fingerprint density at radius 2 is 1.20 bits per heavy atom. The monoisotopic (exact) mass is 466 g/mol. The third-order valence-corrected chi connectivity index (χ3v) is 8.54. The number of piperazine rings is 1. The van der Waals surface area contributed by atoms with Gasteiger partial charge in [-0.15, -0.1) is 0 Å². The van der Waals surface area contributed by atoms with Crippen LogP contribution in [0.3, 0.4) is 0 Å². The van der Waals surface area contributed by atoms with Crippen molar-refractivity contribution in [3.8, 4) is 0 Å². The van der Waals surface area contributed by atoms with Gasteiger partial charge in [0.1, 0.15) is 5.82 Å². The first-order chi connectivity index (χ1) is 13.8. The Hall–Kier alpha value is -2.02. The van der Waals surface area contributed by atoms with E-state index in [0.717, 1.165) is 20.2 Å². The fraction of sp³-hybridized carbons (Fsp3) is 0.333. The summed E-state index contributed by atoms with van der Waals surface area (Å²) in [6.07, 6.45) is -5.05. The van der Waals surface area contributed by atoms with Gasteiger partial charge in [-0.05, 0) is 37.3 Å². The highest BCUT2D eigenvalue weighted by atomic mass is 32.2. The summed E-state index contributed by atoms with van der Waals surface area (Å²) in [7, 11) is -8.19. The Morgan fingerprint density at radius 1 is 0.767 bits per heavy atom. The van der Waals surface area contributed by atoms with E-state index in [-0.39, 0.29) is 37.1 Å². The van der Waals surface area contributed by atoms with Crippen LogP contribution in [0.15, 0.2) is 52.3 Å². The molecule has 0 unspecified atom stereocenters. The van der Waals surface area contributed by atoms with Crippen LogP contribution in [0, 0.1) is 12.7 Å². The molecule has 30 heavy (non-hydrogen) atoms. The van der Waals surface area contributed by atoms with Crippen LogP contribution in [0.1, 0.15) is 11.1 Å². The fourth-order valence-electron chi connectivity index (χ4n) is 3.04. The Labute approximate surface area is 171 Å². The van der Waals surface area contributed by atoms with Crippen molar-refractivity contribution < 1.29 is 34.4 Å². The maximum absolute atomic E-state index is 13.5. The van der Waals surface area contributed by atoms with E-state index in [4.69, 9.17) is 0 Å². The molecule has 6 nitrogen and oxygen atoms in total. The van der Waals surface area contributed by atoms with Gasteiger partial charge in [0, 0.05) is 26.2 Å². The Morgan fingerprint density at radius 3 is 1.67 bits per heavy atom. The van der Waals surface area contributed by atoms with E-state index in [1.807, 2.05) is 0 Å². The molecular formula is C18H18F4N2O4S2. The lowest BCUT2D eigenvalue weighted by molar-refractivity contribution is -0.140. The Bertz CT molecular complexity index is 1140. The van der Waals surface area contributed by atoms with Gasteiger partial charge in [-0.1, -0.05) is 17.7 Å². The molecule has 0 saturated carbocycles. The average Bonchev–Trinajstić information content (AvgIpc) is 2.67. The Kier molecular flexibility index (Phi) is 5.98. The number of halogens is 4. The molecule has 0 aromatic heterocycles. The lowest BCUT2D eigenvalue weighted by Crippen LogP contribution is -2.50. The number of benzene rings is 2. The van der Waals surface area contributed by atoms with Crippen LogP contribution in [0.4, 0.5) is 17.6 Å². The van der Waals surface area contributed by atoms with E-state index < -0.39 is 42.5 Å². The molecule has 0 amide bonds. The predicted octanol–water partition coefficient (Wildman–Crippen LogP) is 2.85. The molecule has 1 heterocycles. The summed E-state index contributed by atoms with van der Waals surface area (Å²) < 4.78 is 105. The molecule has 1 fully saturated rings. The van der Waals surface area contributed by atoms with Gasteiger partial charge in [0.25, 0.3) is 0 Å². The van der Waals surface area contributed by atoms with Crippen molar-refractivity contribution in [2.24, 2.45) is 0 Å². The molecule has 2 aromatic carbocycles. The molecule has 0 bridgehead atoms. The van der Waals surface area contributed by atoms with E-state index >= 15 is 0 Å². The van der Waals surface area contributed by atoms with Crippen LogP contribution < -0.4 is 0 Å². The molecule has 0 N–H and O–H groups in total. The molecule has 2 aromatic rings. The SMILES string of the molecule is Cc1ccc(S(=O)(=O)N2CCN(S(=O)(=O)c3ccc(F)c(C(F)(F)F)c3)CC2)cc1. The normalized spacial score (nSPS) is 17.2. The number of alkyl halides is 3. The first-order valence-corrected chi connectivity index (χ1v) is 11.7. The van der Waals surface area contributed by atoms with Crippen LogP contribution >= 0.6 is 0 Å². The highest BCUT2D eigenvalue weighted by molar-refractivity contribution is 7.89. The number of sulfonamides is 2. The zero-order valence-corrected chi connectivity index (χ0v) is 17.4. The van der Waals surface area contributed by atoms with Crippen LogP contribution in [0.5, 0.6) is 0 Å². The zero-order chi connectivity index (χ0) is 22.3. The fourth-order valence-corrected chi connectivity index (χ4v) is 5.91. The molecule has 1 saturated heterocycles. The first-order valence-electron chi connectivity index (χ1n) is 8.77. The summed E-state index contributed by atoms with van der Waals surface area (Å²) in [6, 6.07) is 7.64. The summed E-state index contributed by atoms with van der Waals surface area (Å²) in [5, 5.41) is 0. The van der Waals surface area contributed by atoms with Crippen molar-refractivity contribution in [1.29, 1.82) is 0 Å². The molecular weight excluding hydrogens is 448 g/mol. The molecule has 1 aliphatic heterocycles. The number of nitrogens with zero attached hydrogens (tertiary/aromatic N) is 2. The van der Waals surface area contributed by atoms with Crippen LogP contribution in [-0.2, 0) is 26.2 Å². The van der Waals surface area contributed by atoms with Crippen molar-refractivity contribution in [3.63, 3.8) is 0 Å². The highest BCUT2D eigenvalue weighted by Crippen LogP contribution is 2.33. The van der Waals surface area contributed by atoms with Crippen LogP contribution in [0.25, 0.3) is 0 Å². The van der Waals surface area contributed by atoms with Gasteiger partial charge < -0.3 is 0 Å². The molecule has 164 valence electrons. The third kappa shape index (κ3) is 4.36. The van der Waals surface area contributed by atoms with E-state index in [1.165, 1.54) is 12.1 Å². The number of rotatable bonds is 4. The summed E-state index contributed by atoms with van der Waals surface area (Å²) in [4.78, 5) is -0.635. The van der Waals surface area contributed by atoms with Crippen molar-refractivity contribution in [3.05, 3.63) is 59.4 Å². The molecule has 0 spiro atoms. The largest absolute Gasteiger partial charge is 0.419 e. The Balaban J connectivity index is 1.80. The summed E-state index contributed by atoms with van der Waals surface area (Å²) in [5.74, 6) is -1.57. The molecule has 12 heteroatoms. The molecule has 0 atom stereocenters. The second kappa shape index (κ2) is 7.91. The van der Waals surface area contributed by atoms with Crippen molar-refractivity contribution in [2.45, 2.75) is 22.9 Å². The number of hydrogen-bond acceptors (Lipinski definition) is 4. The lowest BCUT2D eigenvalue weighted by atomic mass is 10.2. The summed E-state index contributed by atoms with van der Waals surface area (Å²) in [6.45, 7) is 0.990. The predicted molar refractivity (Wildman–Crippen MR) is 100 cm³/mol. The van der Waals surface area contributed by atoms with Gasteiger partial charge >= 0.3 is 6.18 Å². The van der Waals surface area contributed by atoms with Gasteiger partial charge in [0.2, 0.25) is 20.0 Å². The lowest BCUT2D eigenvalue weighted by Gasteiger charge is -2.33. The smallest absolute Gasteiger partial charge is 0.207 e. The van der Waals surface area contributed by atoms with Gasteiger partial charge in [-0.3, -0.25) is 0 Å². The standard InChI is InChI=1S/C18H18F4N2O4S2/c1-13-2-4-14(5-3-13)29(25,26)23-8-10-24(11-9-23)30(27,28)15-6-7-17(19)16(12-15)18(20,21)22/h2-7,12H,8-11H2,1H3. The van der Waals surface area contributed by atoms with Crippen LogP contribution in [0.2, 0.25) is 0 Å². The van der Waals surface area contributed by atoms with E-state index in [9.17, 15) is 34.4 Å². The van der Waals surface area contributed by atoms with Crippen molar-refractivity contribution in [2.75, 3.05) is 26.2 Å². The average molecular weight is 466 g/mol. The number of aryl methyl sites for hydroxylation is 1. The highest BCUT2D eigenvalue weighted by Gasteiger charge is 2.38.